The van der Waals surface area contributed by atoms with Crippen molar-refractivity contribution in [2.45, 2.75) is 12.5 Å². The molecule has 0 aliphatic rings. The number of rotatable bonds is 4. The molecule has 0 amide bonds. The van der Waals surface area contributed by atoms with E-state index in [9.17, 15) is 19.8 Å². The van der Waals surface area contributed by atoms with Crippen LogP contribution < -0.4 is 0 Å². The summed E-state index contributed by atoms with van der Waals surface area (Å²) in [5.41, 5.74) is 0.488. The average Bonchev–Trinajstić information content (AvgIpc) is 2.28. The summed E-state index contributed by atoms with van der Waals surface area (Å²) in [5.74, 6) is -0.775. The van der Waals surface area contributed by atoms with Crippen LogP contribution in [0.4, 0.5) is 0 Å². The number of carbonyl (C=O) groups is 2. The second-order valence-electron chi connectivity index (χ2n) is 3.23. The molecular formula is C11H12O5. The first kappa shape index (κ1) is 12.2. The number of methoxy groups -OCH3 is 1. The molecule has 2 N–H and O–H groups in total. The van der Waals surface area contributed by atoms with Gasteiger partial charge in [0, 0.05) is 0 Å². The molecule has 16 heavy (non-hydrogen) atoms. The van der Waals surface area contributed by atoms with Crippen molar-refractivity contribution < 1.29 is 24.5 Å². The van der Waals surface area contributed by atoms with Gasteiger partial charge in [-0.15, -0.1) is 0 Å². The highest BCUT2D eigenvalue weighted by Gasteiger charge is 2.14. The van der Waals surface area contributed by atoms with Crippen molar-refractivity contribution in [3.8, 4) is 5.75 Å². The van der Waals surface area contributed by atoms with Gasteiger partial charge in [-0.3, -0.25) is 9.59 Å². The van der Waals surface area contributed by atoms with Crippen LogP contribution in [0.5, 0.6) is 5.75 Å². The van der Waals surface area contributed by atoms with Crippen LogP contribution in [-0.4, -0.2) is 29.6 Å². The number of phenols is 1. The highest BCUT2D eigenvalue weighted by atomic mass is 16.5. The minimum absolute atomic E-state index is 0.133. The van der Waals surface area contributed by atoms with E-state index in [4.69, 9.17) is 0 Å². The molecule has 0 saturated heterocycles. The van der Waals surface area contributed by atoms with Crippen molar-refractivity contribution in [3.05, 3.63) is 29.3 Å². The van der Waals surface area contributed by atoms with Crippen LogP contribution in [0.2, 0.25) is 0 Å². The number of aromatic hydroxyl groups is 1. The van der Waals surface area contributed by atoms with E-state index in [0.717, 1.165) is 0 Å². The maximum Gasteiger partial charge on any atom is 0.308 e. The minimum atomic E-state index is -1.06. The number of aliphatic hydroxyl groups is 1. The van der Waals surface area contributed by atoms with Gasteiger partial charge in [0.1, 0.15) is 5.75 Å². The van der Waals surface area contributed by atoms with Gasteiger partial charge in [-0.2, -0.15) is 0 Å². The van der Waals surface area contributed by atoms with E-state index in [-0.39, 0.29) is 17.7 Å². The maximum atomic E-state index is 10.9. The number of ether oxygens (including phenoxy) is 1. The third-order valence-electron chi connectivity index (χ3n) is 2.15. The molecule has 1 rings (SSSR count). The predicted octanol–water partition coefficient (Wildman–Crippen LogP) is 0.801. The van der Waals surface area contributed by atoms with E-state index < -0.39 is 12.1 Å². The van der Waals surface area contributed by atoms with Crippen molar-refractivity contribution in [1.82, 2.24) is 0 Å². The van der Waals surface area contributed by atoms with Crippen molar-refractivity contribution in [3.63, 3.8) is 0 Å². The monoisotopic (exact) mass is 224 g/mol. The third-order valence-corrected chi connectivity index (χ3v) is 2.15. The van der Waals surface area contributed by atoms with E-state index in [0.29, 0.717) is 11.8 Å². The van der Waals surface area contributed by atoms with Crippen LogP contribution in [0.1, 0.15) is 28.4 Å². The van der Waals surface area contributed by atoms with Crippen LogP contribution in [-0.2, 0) is 9.53 Å². The van der Waals surface area contributed by atoms with Crippen LogP contribution in [0.15, 0.2) is 18.2 Å². The fourth-order valence-electron chi connectivity index (χ4n) is 1.23. The lowest BCUT2D eigenvalue weighted by atomic mass is 10.0. The summed E-state index contributed by atoms with van der Waals surface area (Å²) in [7, 11) is 1.22. The summed E-state index contributed by atoms with van der Waals surface area (Å²) in [6, 6.07) is 4.09. The molecule has 0 bridgehead atoms. The van der Waals surface area contributed by atoms with E-state index in [1.165, 1.54) is 25.3 Å². The van der Waals surface area contributed by atoms with Gasteiger partial charge in [0.25, 0.3) is 0 Å². The molecule has 1 aromatic rings. The Hall–Kier alpha value is -1.88. The van der Waals surface area contributed by atoms with Gasteiger partial charge in [0.15, 0.2) is 6.29 Å². The Morgan fingerprint density at radius 1 is 1.56 bits per heavy atom. The highest BCUT2D eigenvalue weighted by molar-refractivity contribution is 5.79. The van der Waals surface area contributed by atoms with Gasteiger partial charge < -0.3 is 14.9 Å². The van der Waals surface area contributed by atoms with E-state index in [2.05, 4.69) is 4.74 Å². The van der Waals surface area contributed by atoms with Gasteiger partial charge in [-0.1, -0.05) is 6.07 Å². The lowest BCUT2D eigenvalue weighted by Crippen LogP contribution is -2.08. The van der Waals surface area contributed by atoms with Gasteiger partial charge in [-0.05, 0) is 17.7 Å². The number of hydrogen-bond donors (Lipinski definition) is 2. The Bertz CT molecular complexity index is 399. The van der Waals surface area contributed by atoms with Gasteiger partial charge >= 0.3 is 5.97 Å². The average molecular weight is 224 g/mol. The molecule has 5 heteroatoms. The van der Waals surface area contributed by atoms with E-state index in [1.54, 1.807) is 0 Å². The summed E-state index contributed by atoms with van der Waals surface area (Å²) < 4.78 is 4.40. The number of hydrogen-bond acceptors (Lipinski definition) is 5. The predicted molar refractivity (Wildman–Crippen MR) is 55.1 cm³/mol. The smallest absolute Gasteiger partial charge is 0.308 e. The molecule has 0 spiro atoms. The topological polar surface area (TPSA) is 83.8 Å². The number of phenolic OH excluding ortho intramolecular Hbond substituents is 1. The quantitative estimate of drug-likeness (QED) is 0.583. The molecule has 1 aromatic carbocycles. The summed E-state index contributed by atoms with van der Waals surface area (Å²) >= 11 is 0. The molecule has 0 aliphatic carbocycles. The molecule has 0 aliphatic heterocycles. The van der Waals surface area contributed by atoms with Crippen LogP contribution >= 0.6 is 0 Å². The summed E-state index contributed by atoms with van der Waals surface area (Å²) in [5, 5.41) is 19.0. The SMILES string of the molecule is COC(=O)C[C@@H](O)c1ccc(C=O)c(O)c1. The number of aliphatic hydroxyl groups excluding tert-OH is 1. The van der Waals surface area contributed by atoms with Gasteiger partial charge in [0.2, 0.25) is 0 Å². The molecule has 0 saturated carbocycles. The zero-order valence-electron chi connectivity index (χ0n) is 8.71. The van der Waals surface area contributed by atoms with E-state index >= 15 is 0 Å². The molecule has 5 nitrogen and oxygen atoms in total. The number of aldehydes is 1. The third kappa shape index (κ3) is 2.80. The molecular weight excluding hydrogens is 212 g/mol. The molecule has 0 heterocycles. The van der Waals surface area contributed by atoms with Crippen molar-refractivity contribution >= 4 is 12.3 Å². The van der Waals surface area contributed by atoms with Crippen molar-refractivity contribution in [2.75, 3.05) is 7.11 Å². The Kier molecular flexibility index (Phi) is 4.02. The summed E-state index contributed by atoms with van der Waals surface area (Å²) in [4.78, 5) is 21.3. The normalized spacial score (nSPS) is 11.9. The lowest BCUT2D eigenvalue weighted by Gasteiger charge is -2.10. The van der Waals surface area contributed by atoms with Crippen molar-refractivity contribution in [2.24, 2.45) is 0 Å². The van der Waals surface area contributed by atoms with Gasteiger partial charge in [0.05, 0.1) is 25.2 Å². The number of benzene rings is 1. The van der Waals surface area contributed by atoms with Crippen molar-refractivity contribution in [1.29, 1.82) is 0 Å². The first-order valence-electron chi connectivity index (χ1n) is 4.61. The van der Waals surface area contributed by atoms with Crippen LogP contribution in [0.3, 0.4) is 0 Å². The molecule has 1 atom stereocenters. The Morgan fingerprint density at radius 2 is 2.25 bits per heavy atom. The number of esters is 1. The molecule has 0 unspecified atom stereocenters. The number of carbonyl (C=O) groups excluding carboxylic acids is 2. The maximum absolute atomic E-state index is 10.9. The highest BCUT2D eigenvalue weighted by Crippen LogP contribution is 2.23. The second-order valence-corrected chi connectivity index (χ2v) is 3.23. The minimum Gasteiger partial charge on any atom is -0.507 e. The fraction of sp³-hybridized carbons (Fsp3) is 0.273. The summed E-state index contributed by atoms with van der Waals surface area (Å²) in [6.07, 6.45) is -0.749. The van der Waals surface area contributed by atoms with Crippen LogP contribution in [0.25, 0.3) is 0 Å². The molecule has 0 radical (unpaired) electrons. The zero-order valence-corrected chi connectivity index (χ0v) is 8.71. The Labute approximate surface area is 92.3 Å². The fourth-order valence-corrected chi connectivity index (χ4v) is 1.23. The zero-order chi connectivity index (χ0) is 12.1. The first-order valence-corrected chi connectivity index (χ1v) is 4.61. The molecule has 0 fully saturated rings. The Balaban J connectivity index is 2.84. The molecule has 86 valence electrons. The lowest BCUT2D eigenvalue weighted by molar-refractivity contribution is -0.142. The largest absolute Gasteiger partial charge is 0.507 e. The Morgan fingerprint density at radius 3 is 2.75 bits per heavy atom. The van der Waals surface area contributed by atoms with E-state index in [1.807, 2.05) is 0 Å². The second kappa shape index (κ2) is 5.27. The summed E-state index contributed by atoms with van der Waals surface area (Å²) in [6.45, 7) is 0. The first-order chi connectivity index (χ1) is 7.58. The standard InChI is InChI=1S/C11H12O5/c1-16-11(15)5-10(14)7-2-3-8(6-12)9(13)4-7/h2-4,6,10,13-14H,5H2,1H3/t10-/m1/s1. The van der Waals surface area contributed by atoms with Gasteiger partial charge in [-0.25, -0.2) is 0 Å². The molecule has 0 aromatic heterocycles. The van der Waals surface area contributed by atoms with Crippen LogP contribution in [0, 0.1) is 0 Å².